The summed E-state index contributed by atoms with van der Waals surface area (Å²) in [4.78, 5) is 11.3. The summed E-state index contributed by atoms with van der Waals surface area (Å²) in [7, 11) is 0. The normalized spacial score (nSPS) is 15.3. The predicted molar refractivity (Wildman–Crippen MR) is 55.4 cm³/mol. The fourth-order valence-electron chi connectivity index (χ4n) is 0.689. The molecule has 2 nitrogen and oxygen atoms in total. The number of carbonyl (C=O) groups excluding carboxylic acids is 1. The second kappa shape index (κ2) is 6.46. The maximum absolute atomic E-state index is 11.3. The van der Waals surface area contributed by atoms with Crippen LogP contribution in [0.15, 0.2) is 0 Å². The standard InChI is InChI=1S/C9H18BrNO/c1-4-8(3)9(12)11-6-7(2)5-10/h7-8H,4-6H2,1-3H3,(H,11,12). The Balaban J connectivity index is 3.56. The van der Waals surface area contributed by atoms with E-state index in [9.17, 15) is 4.79 Å². The van der Waals surface area contributed by atoms with Crippen LogP contribution in [-0.4, -0.2) is 17.8 Å². The van der Waals surface area contributed by atoms with E-state index in [0.717, 1.165) is 18.3 Å². The Morgan fingerprint density at radius 3 is 2.50 bits per heavy atom. The van der Waals surface area contributed by atoms with Crippen LogP contribution in [0.5, 0.6) is 0 Å². The van der Waals surface area contributed by atoms with Crippen molar-refractivity contribution in [3.63, 3.8) is 0 Å². The van der Waals surface area contributed by atoms with Crippen LogP contribution < -0.4 is 5.32 Å². The Morgan fingerprint density at radius 1 is 1.50 bits per heavy atom. The SMILES string of the molecule is CCC(C)C(=O)NCC(C)CBr. The molecule has 0 aliphatic heterocycles. The molecule has 0 heterocycles. The van der Waals surface area contributed by atoms with Crippen molar-refractivity contribution >= 4 is 21.8 Å². The van der Waals surface area contributed by atoms with Crippen molar-refractivity contribution in [2.45, 2.75) is 27.2 Å². The molecule has 0 aliphatic carbocycles. The van der Waals surface area contributed by atoms with Gasteiger partial charge in [-0.25, -0.2) is 0 Å². The molecule has 0 rings (SSSR count). The summed E-state index contributed by atoms with van der Waals surface area (Å²) in [5.41, 5.74) is 0. The third-order valence-electron chi connectivity index (χ3n) is 1.95. The zero-order chi connectivity index (χ0) is 9.56. The average molecular weight is 236 g/mol. The molecular formula is C9H18BrNO. The first kappa shape index (κ1) is 11.9. The molecule has 0 spiro atoms. The van der Waals surface area contributed by atoms with Crippen LogP contribution in [-0.2, 0) is 4.79 Å². The fraction of sp³-hybridized carbons (Fsp3) is 0.889. The Morgan fingerprint density at radius 2 is 2.08 bits per heavy atom. The van der Waals surface area contributed by atoms with Crippen molar-refractivity contribution < 1.29 is 4.79 Å². The predicted octanol–water partition coefficient (Wildman–Crippen LogP) is 2.18. The summed E-state index contributed by atoms with van der Waals surface area (Å²) in [5.74, 6) is 0.829. The van der Waals surface area contributed by atoms with Crippen molar-refractivity contribution in [1.82, 2.24) is 5.32 Å². The second-order valence-corrected chi connectivity index (χ2v) is 3.96. The Kier molecular flexibility index (Phi) is 6.44. The van der Waals surface area contributed by atoms with E-state index in [1.54, 1.807) is 0 Å². The van der Waals surface area contributed by atoms with E-state index in [0.29, 0.717) is 5.92 Å². The van der Waals surface area contributed by atoms with E-state index >= 15 is 0 Å². The third-order valence-corrected chi connectivity index (χ3v) is 3.05. The monoisotopic (exact) mass is 235 g/mol. The Labute approximate surface area is 83.2 Å². The highest BCUT2D eigenvalue weighted by Crippen LogP contribution is 2.01. The van der Waals surface area contributed by atoms with Crippen molar-refractivity contribution in [2.24, 2.45) is 11.8 Å². The molecule has 0 fully saturated rings. The molecule has 0 radical (unpaired) electrons. The Hall–Kier alpha value is -0.0500. The van der Waals surface area contributed by atoms with Gasteiger partial charge in [-0.1, -0.05) is 36.7 Å². The summed E-state index contributed by atoms with van der Waals surface area (Å²) >= 11 is 3.37. The van der Waals surface area contributed by atoms with Gasteiger partial charge >= 0.3 is 0 Å². The largest absolute Gasteiger partial charge is 0.356 e. The topological polar surface area (TPSA) is 29.1 Å². The van der Waals surface area contributed by atoms with Crippen LogP contribution in [0.25, 0.3) is 0 Å². The van der Waals surface area contributed by atoms with Gasteiger partial charge in [0, 0.05) is 17.8 Å². The van der Waals surface area contributed by atoms with E-state index in [-0.39, 0.29) is 11.8 Å². The molecule has 0 aromatic rings. The highest BCUT2D eigenvalue weighted by Gasteiger charge is 2.10. The number of halogens is 1. The number of nitrogens with one attached hydrogen (secondary N) is 1. The molecule has 1 amide bonds. The molecule has 0 saturated heterocycles. The molecule has 0 aromatic heterocycles. The Bertz CT molecular complexity index is 138. The molecule has 12 heavy (non-hydrogen) atoms. The molecule has 3 heteroatoms. The van der Waals surface area contributed by atoms with E-state index < -0.39 is 0 Å². The average Bonchev–Trinajstić information content (AvgIpc) is 2.11. The van der Waals surface area contributed by atoms with E-state index in [4.69, 9.17) is 0 Å². The number of rotatable bonds is 5. The van der Waals surface area contributed by atoms with Crippen LogP contribution in [0, 0.1) is 11.8 Å². The molecule has 1 N–H and O–H groups in total. The van der Waals surface area contributed by atoms with Crippen LogP contribution in [0.2, 0.25) is 0 Å². The minimum Gasteiger partial charge on any atom is -0.356 e. The van der Waals surface area contributed by atoms with Gasteiger partial charge in [-0.2, -0.15) is 0 Å². The zero-order valence-corrected chi connectivity index (χ0v) is 9.65. The van der Waals surface area contributed by atoms with E-state index in [2.05, 4.69) is 28.2 Å². The van der Waals surface area contributed by atoms with Crippen LogP contribution in [0.4, 0.5) is 0 Å². The first-order valence-corrected chi connectivity index (χ1v) is 5.57. The maximum Gasteiger partial charge on any atom is 0.222 e. The number of hydrogen-bond acceptors (Lipinski definition) is 1. The summed E-state index contributed by atoms with van der Waals surface area (Å²) in [6, 6.07) is 0. The van der Waals surface area contributed by atoms with Gasteiger partial charge in [0.25, 0.3) is 0 Å². The molecule has 0 aromatic carbocycles. The molecule has 0 saturated carbocycles. The molecule has 2 unspecified atom stereocenters. The quantitative estimate of drug-likeness (QED) is 0.728. The first-order chi connectivity index (χ1) is 5.61. The van der Waals surface area contributed by atoms with E-state index in [1.165, 1.54) is 0 Å². The van der Waals surface area contributed by atoms with Gasteiger partial charge in [0.05, 0.1) is 0 Å². The molecule has 0 aliphatic rings. The van der Waals surface area contributed by atoms with Gasteiger partial charge in [0.2, 0.25) is 5.91 Å². The van der Waals surface area contributed by atoms with Crippen molar-refractivity contribution in [2.75, 3.05) is 11.9 Å². The van der Waals surface area contributed by atoms with Gasteiger partial charge in [0.15, 0.2) is 0 Å². The second-order valence-electron chi connectivity index (χ2n) is 3.31. The van der Waals surface area contributed by atoms with Gasteiger partial charge in [-0.05, 0) is 12.3 Å². The van der Waals surface area contributed by atoms with Crippen molar-refractivity contribution in [3.8, 4) is 0 Å². The lowest BCUT2D eigenvalue weighted by atomic mass is 10.1. The number of amides is 1. The molecular weight excluding hydrogens is 218 g/mol. The lowest BCUT2D eigenvalue weighted by molar-refractivity contribution is -0.124. The van der Waals surface area contributed by atoms with E-state index in [1.807, 2.05) is 13.8 Å². The number of alkyl halides is 1. The molecule has 72 valence electrons. The van der Waals surface area contributed by atoms with Gasteiger partial charge in [0.1, 0.15) is 0 Å². The molecule has 2 atom stereocenters. The lowest BCUT2D eigenvalue weighted by Gasteiger charge is -2.12. The van der Waals surface area contributed by atoms with Gasteiger partial charge in [-0.15, -0.1) is 0 Å². The minimum atomic E-state index is 0.146. The van der Waals surface area contributed by atoms with Crippen LogP contribution in [0.3, 0.4) is 0 Å². The summed E-state index contributed by atoms with van der Waals surface area (Å²) in [6.45, 7) is 6.85. The highest BCUT2D eigenvalue weighted by molar-refractivity contribution is 9.09. The summed E-state index contributed by atoms with van der Waals surface area (Å²) in [5, 5.41) is 3.85. The zero-order valence-electron chi connectivity index (χ0n) is 8.06. The molecule has 0 bridgehead atoms. The maximum atomic E-state index is 11.3. The fourth-order valence-corrected chi connectivity index (χ4v) is 0.918. The van der Waals surface area contributed by atoms with Gasteiger partial charge < -0.3 is 5.32 Å². The summed E-state index contributed by atoms with van der Waals surface area (Å²) < 4.78 is 0. The number of hydrogen-bond donors (Lipinski definition) is 1. The first-order valence-electron chi connectivity index (χ1n) is 4.45. The lowest BCUT2D eigenvalue weighted by Crippen LogP contribution is -2.32. The highest BCUT2D eigenvalue weighted by atomic mass is 79.9. The van der Waals surface area contributed by atoms with Crippen molar-refractivity contribution in [1.29, 1.82) is 0 Å². The van der Waals surface area contributed by atoms with Crippen LogP contribution in [0.1, 0.15) is 27.2 Å². The summed E-state index contributed by atoms with van der Waals surface area (Å²) in [6.07, 6.45) is 0.911. The number of carbonyl (C=O) groups is 1. The van der Waals surface area contributed by atoms with Crippen molar-refractivity contribution in [3.05, 3.63) is 0 Å². The smallest absolute Gasteiger partial charge is 0.222 e. The minimum absolute atomic E-state index is 0.146. The van der Waals surface area contributed by atoms with Crippen LogP contribution >= 0.6 is 15.9 Å². The van der Waals surface area contributed by atoms with Gasteiger partial charge in [-0.3, -0.25) is 4.79 Å². The third kappa shape index (κ3) is 4.75.